The average molecular weight is 350 g/mol. The standard InChI is InChI=1S/C17H20BrNO2/c1-11-15(18)6-5-7-16(11)19-12(2)14-10-13(20-3)8-9-17(14)21-4/h5-10,12,19H,1-4H3. The van der Waals surface area contributed by atoms with Gasteiger partial charge in [-0.2, -0.15) is 0 Å². The maximum atomic E-state index is 5.45. The van der Waals surface area contributed by atoms with Crippen molar-refractivity contribution >= 4 is 21.6 Å². The molecule has 2 aromatic rings. The Labute approximate surface area is 134 Å². The highest BCUT2D eigenvalue weighted by atomic mass is 79.9. The Bertz CT molecular complexity index is 628. The van der Waals surface area contributed by atoms with E-state index >= 15 is 0 Å². The van der Waals surface area contributed by atoms with Gasteiger partial charge in [0.15, 0.2) is 0 Å². The molecule has 1 N–H and O–H groups in total. The van der Waals surface area contributed by atoms with Gasteiger partial charge in [-0.15, -0.1) is 0 Å². The van der Waals surface area contributed by atoms with Crippen LogP contribution in [0.2, 0.25) is 0 Å². The molecule has 0 aliphatic rings. The van der Waals surface area contributed by atoms with Crippen molar-refractivity contribution in [1.82, 2.24) is 0 Å². The van der Waals surface area contributed by atoms with Crippen LogP contribution in [-0.2, 0) is 0 Å². The Morgan fingerprint density at radius 1 is 1.10 bits per heavy atom. The number of hydrogen-bond donors (Lipinski definition) is 1. The SMILES string of the molecule is COc1ccc(OC)c(C(C)Nc2cccc(Br)c2C)c1. The molecule has 2 rings (SSSR count). The van der Waals surface area contributed by atoms with Gasteiger partial charge in [0.2, 0.25) is 0 Å². The molecule has 0 amide bonds. The molecule has 0 heterocycles. The lowest BCUT2D eigenvalue weighted by molar-refractivity contribution is 0.397. The molecule has 0 aliphatic carbocycles. The summed E-state index contributed by atoms with van der Waals surface area (Å²) in [7, 11) is 3.35. The predicted molar refractivity (Wildman–Crippen MR) is 90.5 cm³/mol. The Balaban J connectivity index is 2.31. The first kappa shape index (κ1) is 15.7. The first-order valence-corrected chi connectivity index (χ1v) is 7.59. The number of ether oxygens (including phenoxy) is 2. The lowest BCUT2D eigenvalue weighted by atomic mass is 10.1. The quantitative estimate of drug-likeness (QED) is 0.828. The molecule has 1 atom stereocenters. The number of benzene rings is 2. The Kier molecular flexibility index (Phi) is 5.12. The molecule has 0 saturated heterocycles. The van der Waals surface area contributed by atoms with Crippen LogP contribution >= 0.6 is 15.9 Å². The van der Waals surface area contributed by atoms with Crippen LogP contribution in [-0.4, -0.2) is 14.2 Å². The molecule has 21 heavy (non-hydrogen) atoms. The number of nitrogens with one attached hydrogen (secondary N) is 1. The van der Waals surface area contributed by atoms with Crippen molar-refractivity contribution in [3.8, 4) is 11.5 Å². The van der Waals surface area contributed by atoms with Crippen molar-refractivity contribution in [3.63, 3.8) is 0 Å². The van der Waals surface area contributed by atoms with Gasteiger partial charge in [0.25, 0.3) is 0 Å². The fraction of sp³-hybridized carbons (Fsp3) is 0.294. The first-order valence-electron chi connectivity index (χ1n) is 6.80. The van der Waals surface area contributed by atoms with Gasteiger partial charge >= 0.3 is 0 Å². The smallest absolute Gasteiger partial charge is 0.124 e. The monoisotopic (exact) mass is 349 g/mol. The van der Waals surface area contributed by atoms with E-state index in [-0.39, 0.29) is 6.04 Å². The van der Waals surface area contributed by atoms with Gasteiger partial charge in [-0.05, 0) is 49.7 Å². The minimum Gasteiger partial charge on any atom is -0.497 e. The molecular weight excluding hydrogens is 330 g/mol. The van der Waals surface area contributed by atoms with Crippen LogP contribution in [0.3, 0.4) is 0 Å². The van der Waals surface area contributed by atoms with E-state index in [1.807, 2.05) is 30.3 Å². The van der Waals surface area contributed by atoms with Crippen molar-refractivity contribution in [2.45, 2.75) is 19.9 Å². The second-order valence-electron chi connectivity index (χ2n) is 4.89. The van der Waals surface area contributed by atoms with E-state index in [1.54, 1.807) is 14.2 Å². The Morgan fingerprint density at radius 2 is 1.86 bits per heavy atom. The van der Waals surface area contributed by atoms with Crippen molar-refractivity contribution in [1.29, 1.82) is 0 Å². The van der Waals surface area contributed by atoms with E-state index in [4.69, 9.17) is 9.47 Å². The topological polar surface area (TPSA) is 30.5 Å². The van der Waals surface area contributed by atoms with Gasteiger partial charge in [0.05, 0.1) is 20.3 Å². The van der Waals surface area contributed by atoms with E-state index in [2.05, 4.69) is 41.2 Å². The summed E-state index contributed by atoms with van der Waals surface area (Å²) in [5.74, 6) is 1.67. The van der Waals surface area contributed by atoms with Crippen LogP contribution < -0.4 is 14.8 Å². The zero-order chi connectivity index (χ0) is 15.4. The summed E-state index contributed by atoms with van der Waals surface area (Å²) < 4.78 is 11.9. The van der Waals surface area contributed by atoms with Crippen LogP contribution in [0.1, 0.15) is 24.1 Å². The van der Waals surface area contributed by atoms with Crippen LogP contribution in [0.15, 0.2) is 40.9 Å². The summed E-state index contributed by atoms with van der Waals surface area (Å²) in [6, 6.07) is 12.1. The van der Waals surface area contributed by atoms with Gasteiger partial charge in [-0.1, -0.05) is 22.0 Å². The van der Waals surface area contributed by atoms with E-state index in [0.29, 0.717) is 0 Å². The van der Waals surface area contributed by atoms with Gasteiger partial charge in [-0.25, -0.2) is 0 Å². The molecular formula is C17H20BrNO2. The highest BCUT2D eigenvalue weighted by Crippen LogP contribution is 2.33. The summed E-state index contributed by atoms with van der Waals surface area (Å²) in [4.78, 5) is 0. The molecule has 0 fully saturated rings. The van der Waals surface area contributed by atoms with E-state index in [0.717, 1.165) is 27.2 Å². The number of hydrogen-bond acceptors (Lipinski definition) is 3. The number of methoxy groups -OCH3 is 2. The fourth-order valence-corrected chi connectivity index (χ4v) is 2.62. The van der Waals surface area contributed by atoms with Crippen molar-refractivity contribution < 1.29 is 9.47 Å². The van der Waals surface area contributed by atoms with Gasteiger partial charge in [0, 0.05) is 15.7 Å². The van der Waals surface area contributed by atoms with Gasteiger partial charge < -0.3 is 14.8 Å². The molecule has 0 aliphatic heterocycles. The first-order chi connectivity index (χ1) is 10.1. The zero-order valence-electron chi connectivity index (χ0n) is 12.7. The highest BCUT2D eigenvalue weighted by molar-refractivity contribution is 9.10. The lowest BCUT2D eigenvalue weighted by Gasteiger charge is -2.20. The van der Waals surface area contributed by atoms with E-state index in [9.17, 15) is 0 Å². The Morgan fingerprint density at radius 3 is 2.52 bits per heavy atom. The van der Waals surface area contributed by atoms with E-state index < -0.39 is 0 Å². The van der Waals surface area contributed by atoms with Crippen molar-refractivity contribution in [3.05, 3.63) is 52.0 Å². The molecule has 0 radical (unpaired) electrons. The second kappa shape index (κ2) is 6.85. The molecule has 3 nitrogen and oxygen atoms in total. The summed E-state index contributed by atoms with van der Waals surface area (Å²) >= 11 is 3.56. The van der Waals surface area contributed by atoms with Crippen LogP contribution in [0.25, 0.3) is 0 Å². The molecule has 1 unspecified atom stereocenters. The zero-order valence-corrected chi connectivity index (χ0v) is 14.3. The largest absolute Gasteiger partial charge is 0.497 e. The summed E-state index contributed by atoms with van der Waals surface area (Å²) in [6.07, 6.45) is 0. The average Bonchev–Trinajstić information content (AvgIpc) is 2.51. The molecule has 0 bridgehead atoms. The number of rotatable bonds is 5. The summed E-state index contributed by atoms with van der Waals surface area (Å²) in [6.45, 7) is 4.19. The Hall–Kier alpha value is -1.68. The number of halogens is 1. The number of anilines is 1. The molecule has 2 aromatic carbocycles. The van der Waals surface area contributed by atoms with Crippen LogP contribution in [0.5, 0.6) is 11.5 Å². The normalized spacial score (nSPS) is 11.9. The molecule has 0 aromatic heterocycles. The summed E-state index contributed by atoms with van der Waals surface area (Å²) in [5, 5.41) is 3.53. The predicted octanol–water partition coefficient (Wildman–Crippen LogP) is 4.95. The molecule has 0 spiro atoms. The van der Waals surface area contributed by atoms with Gasteiger partial charge in [0.1, 0.15) is 11.5 Å². The fourth-order valence-electron chi connectivity index (χ4n) is 2.25. The molecule has 4 heteroatoms. The van der Waals surface area contributed by atoms with Crippen molar-refractivity contribution in [2.75, 3.05) is 19.5 Å². The maximum Gasteiger partial charge on any atom is 0.124 e. The molecule has 112 valence electrons. The summed E-state index contributed by atoms with van der Waals surface area (Å²) in [5.41, 5.74) is 3.35. The van der Waals surface area contributed by atoms with Gasteiger partial charge in [-0.3, -0.25) is 0 Å². The third-order valence-corrected chi connectivity index (χ3v) is 4.40. The maximum absolute atomic E-state index is 5.45. The minimum absolute atomic E-state index is 0.100. The third kappa shape index (κ3) is 3.50. The van der Waals surface area contributed by atoms with Crippen LogP contribution in [0.4, 0.5) is 5.69 Å². The molecule has 0 saturated carbocycles. The third-order valence-electron chi connectivity index (χ3n) is 3.54. The second-order valence-corrected chi connectivity index (χ2v) is 5.74. The van der Waals surface area contributed by atoms with Crippen molar-refractivity contribution in [2.24, 2.45) is 0 Å². The highest BCUT2D eigenvalue weighted by Gasteiger charge is 2.14. The van der Waals surface area contributed by atoms with E-state index in [1.165, 1.54) is 5.56 Å². The lowest BCUT2D eigenvalue weighted by Crippen LogP contribution is -2.09. The van der Waals surface area contributed by atoms with Crippen LogP contribution in [0, 0.1) is 6.92 Å². The minimum atomic E-state index is 0.100.